The van der Waals surface area contributed by atoms with Crippen molar-refractivity contribution in [2.45, 2.75) is 6.18 Å². The molecule has 0 saturated heterocycles. The van der Waals surface area contributed by atoms with E-state index < -0.39 is 40.6 Å². The van der Waals surface area contributed by atoms with E-state index in [9.17, 15) is 22.8 Å². The molecule has 0 spiro atoms. The van der Waals surface area contributed by atoms with Gasteiger partial charge in [0.05, 0.1) is 29.5 Å². The van der Waals surface area contributed by atoms with E-state index in [0.717, 1.165) is 6.07 Å². The highest BCUT2D eigenvalue weighted by atomic mass is 19.4. The van der Waals surface area contributed by atoms with Crippen molar-refractivity contribution in [1.82, 2.24) is 19.4 Å². The average molecular weight is 535 g/mol. The standard InChI is InChI=1S/C27H17F4N5O3/c1-39-26(38)16-5-2-4-15(12-16)17-6-10-36-11-9-34-24(36)22(17)35-25(37)19-13-18(23-32-7-3-8-33-23)20(14-21(19)28)27(29,30)31/h2-14H,1H3,(H,35,37). The molecule has 8 nitrogen and oxygen atoms in total. The van der Waals surface area contributed by atoms with Crippen molar-refractivity contribution in [3.05, 3.63) is 102 Å². The number of esters is 1. The molecule has 0 radical (unpaired) electrons. The number of fused-ring (bicyclic) bond motifs is 1. The minimum Gasteiger partial charge on any atom is -0.465 e. The number of hydrogen-bond acceptors (Lipinski definition) is 6. The second-order valence-corrected chi connectivity index (χ2v) is 8.24. The largest absolute Gasteiger partial charge is 0.465 e. The molecule has 0 fully saturated rings. The number of halogens is 4. The zero-order chi connectivity index (χ0) is 27.7. The fraction of sp³-hybridized carbons (Fsp3) is 0.0741. The fourth-order valence-corrected chi connectivity index (χ4v) is 4.07. The van der Waals surface area contributed by atoms with Gasteiger partial charge in [-0.1, -0.05) is 12.1 Å². The molecule has 12 heteroatoms. The highest BCUT2D eigenvalue weighted by Crippen LogP contribution is 2.38. The van der Waals surface area contributed by atoms with E-state index in [0.29, 0.717) is 11.1 Å². The van der Waals surface area contributed by atoms with E-state index in [1.54, 1.807) is 47.1 Å². The summed E-state index contributed by atoms with van der Waals surface area (Å²) in [5.74, 6) is -3.31. The molecule has 0 bridgehead atoms. The number of benzene rings is 2. The quantitative estimate of drug-likeness (QED) is 0.231. The second-order valence-electron chi connectivity index (χ2n) is 8.24. The minimum atomic E-state index is -4.93. The Morgan fingerprint density at radius 1 is 0.923 bits per heavy atom. The van der Waals surface area contributed by atoms with Gasteiger partial charge >= 0.3 is 12.1 Å². The molecule has 0 aliphatic carbocycles. The predicted octanol–water partition coefficient (Wildman–Crippen LogP) is 5.66. The molecular weight excluding hydrogens is 518 g/mol. The van der Waals surface area contributed by atoms with E-state index >= 15 is 4.39 Å². The van der Waals surface area contributed by atoms with Gasteiger partial charge in [-0.2, -0.15) is 13.2 Å². The Kier molecular flexibility index (Phi) is 6.52. The molecule has 1 amide bonds. The number of alkyl halides is 3. The van der Waals surface area contributed by atoms with E-state index in [1.165, 1.54) is 31.8 Å². The summed E-state index contributed by atoms with van der Waals surface area (Å²) in [4.78, 5) is 37.4. The molecule has 0 unspecified atom stereocenters. The number of imidazole rings is 1. The maximum Gasteiger partial charge on any atom is 0.417 e. The Hall–Kier alpha value is -5.13. The van der Waals surface area contributed by atoms with Gasteiger partial charge in [0.15, 0.2) is 11.5 Å². The third-order valence-electron chi connectivity index (χ3n) is 5.86. The summed E-state index contributed by atoms with van der Waals surface area (Å²) in [5, 5.41) is 2.59. The first-order chi connectivity index (χ1) is 18.7. The summed E-state index contributed by atoms with van der Waals surface area (Å²) in [5.41, 5.74) is -0.936. The molecule has 3 heterocycles. The molecule has 0 aliphatic rings. The highest BCUT2D eigenvalue weighted by molar-refractivity contribution is 6.09. The summed E-state index contributed by atoms with van der Waals surface area (Å²) in [6, 6.07) is 10.5. The van der Waals surface area contributed by atoms with Gasteiger partial charge in [0, 0.05) is 42.1 Å². The molecule has 5 rings (SSSR count). The normalized spacial score (nSPS) is 11.4. The van der Waals surface area contributed by atoms with Crippen molar-refractivity contribution in [2.24, 2.45) is 0 Å². The highest BCUT2D eigenvalue weighted by Gasteiger charge is 2.36. The molecule has 39 heavy (non-hydrogen) atoms. The van der Waals surface area contributed by atoms with Crippen molar-refractivity contribution < 1.29 is 31.9 Å². The Balaban J connectivity index is 1.63. The maximum atomic E-state index is 15.0. The number of pyridine rings is 1. The summed E-state index contributed by atoms with van der Waals surface area (Å²) in [6.45, 7) is 0. The number of carbonyl (C=O) groups excluding carboxylic acids is 2. The van der Waals surface area contributed by atoms with Crippen LogP contribution < -0.4 is 5.32 Å². The first-order valence-electron chi connectivity index (χ1n) is 11.3. The molecule has 0 atom stereocenters. The predicted molar refractivity (Wildman–Crippen MR) is 132 cm³/mol. The lowest BCUT2D eigenvalue weighted by Crippen LogP contribution is -2.18. The third-order valence-corrected chi connectivity index (χ3v) is 5.86. The third kappa shape index (κ3) is 4.91. The molecule has 5 aromatic rings. The molecule has 0 aliphatic heterocycles. The topological polar surface area (TPSA) is 98.5 Å². The fourth-order valence-electron chi connectivity index (χ4n) is 4.07. The zero-order valence-corrected chi connectivity index (χ0v) is 20.0. The number of ether oxygens (including phenoxy) is 1. The molecule has 2 aromatic carbocycles. The Morgan fingerprint density at radius 2 is 1.69 bits per heavy atom. The Bertz CT molecular complexity index is 1720. The SMILES string of the molecule is COC(=O)c1cccc(-c2ccn3ccnc3c2NC(=O)c2cc(-c3ncccn3)c(C(F)(F)F)cc2F)c1. The number of nitrogens with zero attached hydrogens (tertiary/aromatic N) is 4. The zero-order valence-electron chi connectivity index (χ0n) is 20.0. The summed E-state index contributed by atoms with van der Waals surface area (Å²) < 4.78 is 62.5. The number of amides is 1. The first kappa shape index (κ1) is 25.5. The van der Waals surface area contributed by atoms with Gasteiger partial charge in [-0.05, 0) is 42.0 Å². The van der Waals surface area contributed by atoms with Crippen LogP contribution in [0.4, 0.5) is 23.2 Å². The van der Waals surface area contributed by atoms with Crippen LogP contribution in [0.25, 0.3) is 28.2 Å². The molecular formula is C27H17F4N5O3. The van der Waals surface area contributed by atoms with Crippen molar-refractivity contribution in [3.63, 3.8) is 0 Å². The van der Waals surface area contributed by atoms with Gasteiger partial charge in [-0.25, -0.2) is 24.1 Å². The lowest BCUT2D eigenvalue weighted by molar-refractivity contribution is -0.137. The Morgan fingerprint density at radius 3 is 2.41 bits per heavy atom. The van der Waals surface area contributed by atoms with Crippen LogP contribution in [0.1, 0.15) is 26.3 Å². The number of carbonyl (C=O) groups is 2. The van der Waals surface area contributed by atoms with Crippen molar-refractivity contribution in [3.8, 4) is 22.5 Å². The maximum absolute atomic E-state index is 15.0. The number of methoxy groups -OCH3 is 1. The van der Waals surface area contributed by atoms with Crippen LogP contribution in [0.3, 0.4) is 0 Å². The molecule has 0 saturated carbocycles. The van der Waals surface area contributed by atoms with Crippen LogP contribution in [0, 0.1) is 5.82 Å². The van der Waals surface area contributed by atoms with Crippen LogP contribution in [0.5, 0.6) is 0 Å². The van der Waals surface area contributed by atoms with Gasteiger partial charge in [0.25, 0.3) is 5.91 Å². The molecule has 3 aromatic heterocycles. The van der Waals surface area contributed by atoms with Gasteiger partial charge in [0.1, 0.15) is 5.82 Å². The summed E-state index contributed by atoms with van der Waals surface area (Å²) in [7, 11) is 1.24. The smallest absolute Gasteiger partial charge is 0.417 e. The number of rotatable bonds is 5. The lowest BCUT2D eigenvalue weighted by atomic mass is 10.00. The summed E-state index contributed by atoms with van der Waals surface area (Å²) >= 11 is 0. The number of aromatic nitrogens is 4. The van der Waals surface area contributed by atoms with Crippen molar-refractivity contribution >= 4 is 23.2 Å². The number of hydrogen-bond donors (Lipinski definition) is 1. The van der Waals surface area contributed by atoms with Gasteiger partial charge in [-0.3, -0.25) is 4.79 Å². The van der Waals surface area contributed by atoms with E-state index in [4.69, 9.17) is 4.74 Å². The van der Waals surface area contributed by atoms with Crippen LogP contribution in [-0.4, -0.2) is 38.3 Å². The molecule has 1 N–H and O–H groups in total. The Labute approximate surface area is 217 Å². The number of anilines is 1. The second kappa shape index (κ2) is 9.97. The lowest BCUT2D eigenvalue weighted by Gasteiger charge is -2.16. The summed E-state index contributed by atoms with van der Waals surface area (Å²) in [6.07, 6.45) is 2.30. The van der Waals surface area contributed by atoms with Gasteiger partial charge in [0.2, 0.25) is 0 Å². The van der Waals surface area contributed by atoms with E-state index in [-0.39, 0.29) is 28.8 Å². The van der Waals surface area contributed by atoms with E-state index in [2.05, 4.69) is 20.3 Å². The van der Waals surface area contributed by atoms with Crippen LogP contribution in [0.15, 0.2) is 79.5 Å². The van der Waals surface area contributed by atoms with Gasteiger partial charge < -0.3 is 14.5 Å². The average Bonchev–Trinajstić information content (AvgIpc) is 3.42. The van der Waals surface area contributed by atoms with Gasteiger partial charge in [-0.15, -0.1) is 0 Å². The van der Waals surface area contributed by atoms with Crippen LogP contribution in [0.2, 0.25) is 0 Å². The van der Waals surface area contributed by atoms with Crippen LogP contribution >= 0.6 is 0 Å². The van der Waals surface area contributed by atoms with Crippen molar-refractivity contribution in [2.75, 3.05) is 12.4 Å². The van der Waals surface area contributed by atoms with Crippen molar-refractivity contribution in [1.29, 1.82) is 0 Å². The number of nitrogens with one attached hydrogen (secondary N) is 1. The first-order valence-corrected chi connectivity index (χ1v) is 11.3. The van der Waals surface area contributed by atoms with E-state index in [1.807, 2.05) is 0 Å². The van der Waals surface area contributed by atoms with Crippen LogP contribution in [-0.2, 0) is 10.9 Å². The minimum absolute atomic E-state index is 0.145. The molecule has 196 valence electrons. The monoisotopic (exact) mass is 535 g/mol.